The van der Waals surface area contributed by atoms with Crippen molar-refractivity contribution in [3.05, 3.63) is 62.8 Å². The van der Waals surface area contributed by atoms with Gasteiger partial charge in [-0.1, -0.05) is 47.8 Å². The number of benzene rings is 2. The van der Waals surface area contributed by atoms with Gasteiger partial charge in [-0.15, -0.1) is 0 Å². The maximum Gasteiger partial charge on any atom is 0.244 e. The molecule has 2 rings (SSSR count). The molecule has 12 heteroatoms. The molecule has 2 amide bonds. The van der Waals surface area contributed by atoms with Crippen molar-refractivity contribution in [3.8, 4) is 0 Å². The van der Waals surface area contributed by atoms with Gasteiger partial charge < -0.3 is 10.2 Å². The molecule has 0 aliphatic carbocycles. The fourth-order valence-corrected chi connectivity index (χ4v) is 4.62. The van der Waals surface area contributed by atoms with E-state index in [2.05, 4.69) is 5.32 Å². The van der Waals surface area contributed by atoms with Crippen LogP contribution >= 0.6 is 34.8 Å². The molecule has 0 aliphatic rings. The Balaban J connectivity index is 2.44. The summed E-state index contributed by atoms with van der Waals surface area (Å²) >= 11 is 18.1. The number of carbonyl (C=O) groups excluding carboxylic acids is 2. The molecule has 0 saturated carbocycles. The van der Waals surface area contributed by atoms with Crippen molar-refractivity contribution in [2.75, 3.05) is 17.1 Å². The van der Waals surface area contributed by atoms with Gasteiger partial charge in [-0.2, -0.15) is 0 Å². The van der Waals surface area contributed by atoms with Gasteiger partial charge >= 0.3 is 0 Å². The smallest absolute Gasteiger partial charge is 0.244 e. The predicted octanol–water partition coefficient (Wildman–Crippen LogP) is 4.88. The Hall–Kier alpha value is -2.07. The lowest BCUT2D eigenvalue weighted by Gasteiger charge is -2.32. The molecule has 2 aromatic rings. The van der Waals surface area contributed by atoms with Crippen LogP contribution in [0.2, 0.25) is 15.1 Å². The van der Waals surface area contributed by atoms with Gasteiger partial charge in [0.2, 0.25) is 21.8 Å². The van der Waals surface area contributed by atoms with Crippen LogP contribution in [0.5, 0.6) is 0 Å². The Morgan fingerprint density at radius 1 is 1.06 bits per heavy atom. The van der Waals surface area contributed by atoms with E-state index in [0.717, 1.165) is 22.7 Å². The number of hydrogen-bond acceptors (Lipinski definition) is 4. The summed E-state index contributed by atoms with van der Waals surface area (Å²) in [5.74, 6) is -1.81. The number of nitrogens with one attached hydrogen (secondary N) is 1. The van der Waals surface area contributed by atoms with Crippen LogP contribution in [-0.4, -0.2) is 50.0 Å². The average Bonchev–Trinajstić information content (AvgIpc) is 2.77. The van der Waals surface area contributed by atoms with Gasteiger partial charge in [0.25, 0.3) is 0 Å². The minimum Gasteiger partial charge on any atom is -0.352 e. The van der Waals surface area contributed by atoms with Gasteiger partial charge in [-0.25, -0.2) is 12.8 Å². The van der Waals surface area contributed by atoms with E-state index in [0.29, 0.717) is 17.0 Å². The molecule has 7 nitrogen and oxygen atoms in total. The van der Waals surface area contributed by atoms with Gasteiger partial charge in [0.15, 0.2) is 0 Å². The van der Waals surface area contributed by atoms with E-state index in [1.54, 1.807) is 19.1 Å². The minimum absolute atomic E-state index is 0.00781. The first-order valence-corrected chi connectivity index (χ1v) is 13.7. The number of anilines is 1. The maximum absolute atomic E-state index is 13.6. The normalized spacial score (nSPS) is 13.1. The third-order valence-corrected chi connectivity index (χ3v) is 7.41. The van der Waals surface area contributed by atoms with Gasteiger partial charge in [0.05, 0.1) is 17.0 Å². The topological polar surface area (TPSA) is 86.8 Å². The van der Waals surface area contributed by atoms with E-state index in [4.69, 9.17) is 34.8 Å². The number of sulfonamides is 1. The van der Waals surface area contributed by atoms with Crippen LogP contribution in [0.15, 0.2) is 36.4 Å². The van der Waals surface area contributed by atoms with Gasteiger partial charge in [-0.05, 0) is 56.2 Å². The maximum atomic E-state index is 13.6. The number of halogens is 4. The van der Waals surface area contributed by atoms with Gasteiger partial charge in [0, 0.05) is 22.6 Å². The highest BCUT2D eigenvalue weighted by molar-refractivity contribution is 7.92. The van der Waals surface area contributed by atoms with Gasteiger partial charge in [-0.3, -0.25) is 13.9 Å². The highest BCUT2D eigenvalue weighted by Crippen LogP contribution is 2.26. The first kappa shape index (κ1) is 29.2. The third kappa shape index (κ3) is 7.96. The van der Waals surface area contributed by atoms with E-state index >= 15 is 0 Å². The second-order valence-corrected chi connectivity index (χ2v) is 11.3. The molecule has 192 valence electrons. The monoisotopic (exact) mass is 565 g/mol. The fourth-order valence-electron chi connectivity index (χ4n) is 3.14. The van der Waals surface area contributed by atoms with Crippen LogP contribution in [0.3, 0.4) is 0 Å². The van der Waals surface area contributed by atoms with Crippen molar-refractivity contribution < 1.29 is 22.4 Å². The summed E-state index contributed by atoms with van der Waals surface area (Å²) in [5, 5.41) is 3.21. The van der Waals surface area contributed by atoms with Crippen LogP contribution in [-0.2, 0) is 26.2 Å². The first-order chi connectivity index (χ1) is 16.2. The minimum atomic E-state index is -3.97. The summed E-state index contributed by atoms with van der Waals surface area (Å²) in [4.78, 5) is 27.6. The molecule has 2 aromatic carbocycles. The molecule has 0 bridgehead atoms. The lowest BCUT2D eigenvalue weighted by atomic mass is 10.1. The highest BCUT2D eigenvalue weighted by atomic mass is 35.5. The molecule has 2 atom stereocenters. The van der Waals surface area contributed by atoms with E-state index in [1.807, 2.05) is 13.8 Å². The third-order valence-electron chi connectivity index (χ3n) is 5.39. The summed E-state index contributed by atoms with van der Waals surface area (Å²) < 4.78 is 39.5. The van der Waals surface area contributed by atoms with Crippen LogP contribution in [0, 0.1) is 5.82 Å². The molecule has 0 heterocycles. The SMILES string of the molecule is CC[C@@H](C)NC(=O)[C@@H](C)N(Cc1ccc(Cl)cc1Cl)C(=O)CN(c1ccc(F)c(Cl)c1)S(C)(=O)=O. The summed E-state index contributed by atoms with van der Waals surface area (Å²) in [6.45, 7) is 4.55. The Kier molecular flexibility index (Phi) is 10.2. The number of nitrogens with zero attached hydrogens (tertiary/aromatic N) is 2. The molecule has 0 fully saturated rings. The van der Waals surface area contributed by atoms with Crippen molar-refractivity contribution in [2.45, 2.75) is 45.8 Å². The Morgan fingerprint density at radius 3 is 2.26 bits per heavy atom. The van der Waals surface area contributed by atoms with E-state index in [9.17, 15) is 22.4 Å². The lowest BCUT2D eigenvalue weighted by molar-refractivity contribution is -0.139. The molecule has 0 aliphatic heterocycles. The molecule has 0 saturated heterocycles. The molecule has 0 unspecified atom stereocenters. The quantitative estimate of drug-likeness (QED) is 0.444. The van der Waals surface area contributed by atoms with Crippen molar-refractivity contribution >= 4 is 62.3 Å². The zero-order valence-electron chi connectivity index (χ0n) is 19.7. The first-order valence-electron chi connectivity index (χ1n) is 10.7. The molecular formula is C23H27Cl3FN3O4S. The highest BCUT2D eigenvalue weighted by Gasteiger charge is 2.31. The summed E-state index contributed by atoms with van der Waals surface area (Å²) in [6.07, 6.45) is 1.60. The fraction of sp³-hybridized carbons (Fsp3) is 0.391. The molecular weight excluding hydrogens is 540 g/mol. The number of rotatable bonds is 10. The van der Waals surface area contributed by atoms with E-state index in [-0.39, 0.29) is 28.3 Å². The predicted molar refractivity (Wildman–Crippen MR) is 138 cm³/mol. The summed E-state index contributed by atoms with van der Waals surface area (Å²) in [6, 6.07) is 6.97. The number of carbonyl (C=O) groups is 2. The zero-order chi connectivity index (χ0) is 26.5. The molecule has 35 heavy (non-hydrogen) atoms. The largest absolute Gasteiger partial charge is 0.352 e. The van der Waals surface area contributed by atoms with E-state index < -0.39 is 40.2 Å². The Bertz CT molecular complexity index is 1200. The van der Waals surface area contributed by atoms with E-state index in [1.165, 1.54) is 17.0 Å². The second kappa shape index (κ2) is 12.3. The van der Waals surface area contributed by atoms with Crippen LogP contribution in [0.25, 0.3) is 0 Å². The summed E-state index contributed by atoms with van der Waals surface area (Å²) in [5.41, 5.74) is 0.525. The molecule has 0 radical (unpaired) electrons. The Morgan fingerprint density at radius 2 is 1.71 bits per heavy atom. The number of amides is 2. The van der Waals surface area contributed by atoms with Crippen molar-refractivity contribution in [1.82, 2.24) is 10.2 Å². The van der Waals surface area contributed by atoms with Crippen LogP contribution < -0.4 is 9.62 Å². The molecule has 0 spiro atoms. The zero-order valence-corrected chi connectivity index (χ0v) is 22.8. The standard InChI is InChI=1S/C23H27Cl3FN3O4S/c1-5-14(2)28-23(32)15(3)29(12-16-6-7-17(24)10-19(16)25)22(31)13-30(35(4,33)34)18-8-9-21(27)20(26)11-18/h6-11,14-15H,5,12-13H2,1-4H3,(H,28,32)/t14-,15-/m1/s1. The summed E-state index contributed by atoms with van der Waals surface area (Å²) in [7, 11) is -3.97. The lowest BCUT2D eigenvalue weighted by Crippen LogP contribution is -2.52. The van der Waals surface area contributed by atoms with Gasteiger partial charge in [0.1, 0.15) is 18.4 Å². The Labute approximate surface area is 220 Å². The van der Waals surface area contributed by atoms with Crippen molar-refractivity contribution in [3.63, 3.8) is 0 Å². The second-order valence-electron chi connectivity index (χ2n) is 8.12. The molecule has 0 aromatic heterocycles. The average molecular weight is 567 g/mol. The van der Waals surface area contributed by atoms with Crippen LogP contribution in [0.1, 0.15) is 32.8 Å². The van der Waals surface area contributed by atoms with Crippen molar-refractivity contribution in [2.24, 2.45) is 0 Å². The number of hydrogen-bond donors (Lipinski definition) is 1. The van der Waals surface area contributed by atoms with Crippen LogP contribution in [0.4, 0.5) is 10.1 Å². The molecule has 1 N–H and O–H groups in total. The van der Waals surface area contributed by atoms with Crippen molar-refractivity contribution in [1.29, 1.82) is 0 Å².